The van der Waals surface area contributed by atoms with Crippen LogP contribution < -0.4 is 0 Å². The number of amides is 1. The molecule has 4 atom stereocenters. The predicted octanol–water partition coefficient (Wildman–Crippen LogP) is 0.0596. The average Bonchev–Trinajstić information content (AvgIpc) is 2.72. The standard InChI is InChI=1S/C20H41NO9S/c1-2-3-4-5-6-7-8-9-10-11-18(25)21(12-13-31(28,29)30)14-16(23)19(26)20(27)17(24)15-22/h16-17,19-20,22-24,26-27H,2-15H2,1H3,(H,28,29,30)/t16-,17+,19+,20+/m0/s1. The molecule has 0 rings (SSSR count). The number of hydrogen-bond acceptors (Lipinski definition) is 8. The number of hydrogen-bond donors (Lipinski definition) is 6. The van der Waals surface area contributed by atoms with Gasteiger partial charge in [-0.25, -0.2) is 0 Å². The molecule has 0 aromatic rings. The molecule has 1 amide bonds. The summed E-state index contributed by atoms with van der Waals surface area (Å²) in [5, 5.41) is 47.9. The first-order valence-corrected chi connectivity index (χ1v) is 12.7. The van der Waals surface area contributed by atoms with Crippen molar-refractivity contribution in [2.45, 2.75) is 95.5 Å². The van der Waals surface area contributed by atoms with Gasteiger partial charge in [0, 0.05) is 19.5 Å². The van der Waals surface area contributed by atoms with E-state index in [4.69, 9.17) is 9.66 Å². The molecule has 0 saturated heterocycles. The van der Waals surface area contributed by atoms with Crippen LogP contribution in [0, 0.1) is 0 Å². The first-order valence-electron chi connectivity index (χ1n) is 11.1. The van der Waals surface area contributed by atoms with Gasteiger partial charge in [-0.1, -0.05) is 58.3 Å². The number of unbranched alkanes of at least 4 members (excludes halogenated alkanes) is 8. The van der Waals surface area contributed by atoms with Gasteiger partial charge in [-0.2, -0.15) is 8.42 Å². The zero-order valence-corrected chi connectivity index (χ0v) is 19.3. The van der Waals surface area contributed by atoms with E-state index < -0.39 is 65.9 Å². The molecule has 10 nitrogen and oxygen atoms in total. The number of carbonyl (C=O) groups is 1. The van der Waals surface area contributed by atoms with Gasteiger partial charge in [0.2, 0.25) is 5.91 Å². The zero-order chi connectivity index (χ0) is 23.9. The largest absolute Gasteiger partial charge is 0.394 e. The van der Waals surface area contributed by atoms with E-state index in [0.717, 1.165) is 30.6 Å². The van der Waals surface area contributed by atoms with Gasteiger partial charge in [0.05, 0.1) is 12.4 Å². The second-order valence-electron chi connectivity index (χ2n) is 8.00. The van der Waals surface area contributed by atoms with Crippen molar-refractivity contribution in [3.8, 4) is 0 Å². The first-order chi connectivity index (χ1) is 14.5. The fraction of sp³-hybridized carbons (Fsp3) is 0.950. The Labute approximate surface area is 185 Å². The summed E-state index contributed by atoms with van der Waals surface area (Å²) < 4.78 is 31.0. The van der Waals surface area contributed by atoms with E-state index in [2.05, 4.69) is 6.92 Å². The Morgan fingerprint density at radius 1 is 0.839 bits per heavy atom. The summed E-state index contributed by atoms with van der Waals surface area (Å²) in [7, 11) is -4.35. The maximum Gasteiger partial charge on any atom is 0.266 e. The third kappa shape index (κ3) is 14.8. The molecule has 11 heteroatoms. The summed E-state index contributed by atoms with van der Waals surface area (Å²) >= 11 is 0. The Morgan fingerprint density at radius 2 is 1.32 bits per heavy atom. The van der Waals surface area contributed by atoms with Crippen LogP contribution in [0.15, 0.2) is 0 Å². The molecule has 0 unspecified atom stereocenters. The van der Waals surface area contributed by atoms with Gasteiger partial charge >= 0.3 is 0 Å². The van der Waals surface area contributed by atoms with E-state index in [1.807, 2.05) is 0 Å². The highest BCUT2D eigenvalue weighted by Gasteiger charge is 2.32. The van der Waals surface area contributed by atoms with Crippen LogP contribution in [-0.4, -0.2) is 99.2 Å². The summed E-state index contributed by atoms with van der Waals surface area (Å²) in [6.45, 7) is 0.436. The molecule has 186 valence electrons. The molecule has 0 fully saturated rings. The molecule has 31 heavy (non-hydrogen) atoms. The van der Waals surface area contributed by atoms with Crippen molar-refractivity contribution in [2.24, 2.45) is 0 Å². The molecule has 0 aliphatic heterocycles. The summed E-state index contributed by atoms with van der Waals surface area (Å²) in [5.41, 5.74) is 0. The van der Waals surface area contributed by atoms with Crippen molar-refractivity contribution in [1.82, 2.24) is 4.90 Å². The minimum absolute atomic E-state index is 0.117. The second-order valence-corrected chi connectivity index (χ2v) is 9.57. The molecule has 0 radical (unpaired) electrons. The molecule has 0 aromatic carbocycles. The van der Waals surface area contributed by atoms with Gasteiger partial charge in [0.15, 0.2) is 0 Å². The lowest BCUT2D eigenvalue weighted by Gasteiger charge is -2.30. The van der Waals surface area contributed by atoms with Crippen molar-refractivity contribution in [1.29, 1.82) is 0 Å². The number of rotatable bonds is 19. The molecule has 0 spiro atoms. The summed E-state index contributed by atoms with van der Waals surface area (Å²) in [6.07, 6.45) is 2.53. The van der Waals surface area contributed by atoms with Crippen LogP contribution in [-0.2, 0) is 14.9 Å². The fourth-order valence-corrected chi connectivity index (χ4v) is 3.64. The Balaban J connectivity index is 4.59. The van der Waals surface area contributed by atoms with Crippen molar-refractivity contribution in [2.75, 3.05) is 25.4 Å². The van der Waals surface area contributed by atoms with Crippen LogP contribution in [0.25, 0.3) is 0 Å². The molecule has 0 aliphatic carbocycles. The van der Waals surface area contributed by atoms with Gasteiger partial charge in [-0.15, -0.1) is 0 Å². The van der Waals surface area contributed by atoms with E-state index in [-0.39, 0.29) is 6.42 Å². The number of aliphatic hydroxyl groups is 5. The van der Waals surface area contributed by atoms with Gasteiger partial charge in [-0.3, -0.25) is 9.35 Å². The van der Waals surface area contributed by atoms with Crippen molar-refractivity contribution in [3.63, 3.8) is 0 Å². The minimum atomic E-state index is -4.35. The fourth-order valence-electron chi connectivity index (χ4n) is 3.19. The van der Waals surface area contributed by atoms with E-state index >= 15 is 0 Å². The lowest BCUT2D eigenvalue weighted by Crippen LogP contribution is -2.51. The highest BCUT2D eigenvalue weighted by molar-refractivity contribution is 7.85. The molecule has 6 N–H and O–H groups in total. The second kappa shape index (κ2) is 16.8. The quantitative estimate of drug-likeness (QED) is 0.112. The van der Waals surface area contributed by atoms with E-state index in [1.54, 1.807) is 0 Å². The van der Waals surface area contributed by atoms with Gasteiger partial charge in [-0.05, 0) is 6.42 Å². The maximum atomic E-state index is 12.5. The number of carbonyl (C=O) groups excluding carboxylic acids is 1. The van der Waals surface area contributed by atoms with Crippen molar-refractivity contribution in [3.05, 3.63) is 0 Å². The van der Waals surface area contributed by atoms with Gasteiger partial charge < -0.3 is 30.4 Å². The number of aliphatic hydroxyl groups excluding tert-OH is 5. The van der Waals surface area contributed by atoms with E-state index in [0.29, 0.717) is 6.42 Å². The highest BCUT2D eigenvalue weighted by atomic mass is 32.2. The first kappa shape index (κ1) is 30.2. The Morgan fingerprint density at radius 3 is 1.81 bits per heavy atom. The van der Waals surface area contributed by atoms with E-state index in [9.17, 15) is 33.6 Å². The SMILES string of the molecule is CCCCCCCCCCCC(=O)N(CCS(=O)(=O)O)C[C@H](O)[C@@H](O)[C@H](O)[C@H](O)CO. The molecule has 0 aromatic heterocycles. The summed E-state index contributed by atoms with van der Waals surface area (Å²) in [5.74, 6) is -1.18. The van der Waals surface area contributed by atoms with Gasteiger partial charge in [0.25, 0.3) is 10.1 Å². The predicted molar refractivity (Wildman–Crippen MR) is 116 cm³/mol. The molecule has 0 aliphatic rings. The van der Waals surface area contributed by atoms with Crippen LogP contribution in [0.2, 0.25) is 0 Å². The summed E-state index contributed by atoms with van der Waals surface area (Å²) in [4.78, 5) is 13.5. The molecule has 0 saturated carbocycles. The molecular formula is C20H41NO9S. The lowest BCUT2D eigenvalue weighted by molar-refractivity contribution is -0.139. The summed E-state index contributed by atoms with van der Waals surface area (Å²) in [6, 6.07) is 0. The normalized spacial score (nSPS) is 16.0. The van der Waals surface area contributed by atoms with Crippen LogP contribution in [0.3, 0.4) is 0 Å². The average molecular weight is 472 g/mol. The Bertz CT molecular complexity index is 573. The molecule has 0 heterocycles. The smallest absolute Gasteiger partial charge is 0.266 e. The Kier molecular flexibility index (Phi) is 16.3. The van der Waals surface area contributed by atoms with E-state index in [1.165, 1.54) is 25.7 Å². The van der Waals surface area contributed by atoms with Crippen molar-refractivity contribution < 1.29 is 43.3 Å². The topological polar surface area (TPSA) is 176 Å². The minimum Gasteiger partial charge on any atom is -0.394 e. The van der Waals surface area contributed by atoms with Crippen LogP contribution in [0.5, 0.6) is 0 Å². The van der Waals surface area contributed by atoms with Crippen molar-refractivity contribution >= 4 is 16.0 Å². The van der Waals surface area contributed by atoms with Crippen LogP contribution in [0.4, 0.5) is 0 Å². The van der Waals surface area contributed by atoms with Crippen LogP contribution in [0.1, 0.15) is 71.1 Å². The third-order valence-corrected chi connectivity index (χ3v) is 5.90. The number of nitrogens with zero attached hydrogens (tertiary/aromatic N) is 1. The Hall–Kier alpha value is -0.820. The third-order valence-electron chi connectivity index (χ3n) is 5.20. The highest BCUT2D eigenvalue weighted by Crippen LogP contribution is 2.13. The van der Waals surface area contributed by atoms with Crippen LogP contribution >= 0.6 is 0 Å². The molecular weight excluding hydrogens is 430 g/mol. The molecule has 0 bridgehead atoms. The maximum absolute atomic E-state index is 12.5. The zero-order valence-electron chi connectivity index (χ0n) is 18.5. The lowest BCUT2D eigenvalue weighted by atomic mass is 10.0. The van der Waals surface area contributed by atoms with Gasteiger partial charge in [0.1, 0.15) is 24.4 Å². The monoisotopic (exact) mass is 471 g/mol.